The number of aromatic nitrogens is 4. The maximum atomic E-state index is 12.1. The van der Waals surface area contributed by atoms with E-state index in [0.717, 1.165) is 17.7 Å². The summed E-state index contributed by atoms with van der Waals surface area (Å²) >= 11 is 0. The van der Waals surface area contributed by atoms with Gasteiger partial charge in [-0.2, -0.15) is 0 Å². The maximum absolute atomic E-state index is 12.1. The van der Waals surface area contributed by atoms with Crippen molar-refractivity contribution >= 4 is 16.9 Å². The number of anilines is 1. The Kier molecular flexibility index (Phi) is 5.07. The molecule has 0 fully saturated rings. The summed E-state index contributed by atoms with van der Waals surface area (Å²) in [4.78, 5) is 28.1. The molecule has 4 aromatic rings. The Morgan fingerprint density at radius 2 is 1.79 bits per heavy atom. The Morgan fingerprint density at radius 1 is 0.964 bits per heavy atom. The fraction of sp³-hybridized carbons (Fsp3) is 0.143. The number of hydrogen-bond donors (Lipinski definition) is 3. The highest BCUT2D eigenvalue weighted by atomic mass is 16.1. The lowest BCUT2D eigenvalue weighted by Crippen LogP contribution is -2.15. The Balaban J connectivity index is 1.48. The quantitative estimate of drug-likeness (QED) is 0.482. The van der Waals surface area contributed by atoms with Gasteiger partial charge in [0.15, 0.2) is 0 Å². The molecule has 0 saturated carbocycles. The molecule has 2 aromatic heterocycles. The summed E-state index contributed by atoms with van der Waals surface area (Å²) in [6, 6.07) is 15.5. The number of nitrogens with zero attached hydrogens (tertiary/aromatic N) is 3. The van der Waals surface area contributed by atoms with Gasteiger partial charge in [0, 0.05) is 24.5 Å². The molecule has 3 N–H and O–H groups in total. The maximum Gasteiger partial charge on any atom is 0.258 e. The highest BCUT2D eigenvalue weighted by Gasteiger charge is 2.05. The number of H-pyrrole nitrogens is 1. The molecule has 0 aliphatic heterocycles. The second kappa shape index (κ2) is 7.98. The predicted octanol–water partition coefficient (Wildman–Crippen LogP) is 2.71. The molecule has 2 aromatic carbocycles. The van der Waals surface area contributed by atoms with Crippen LogP contribution in [0.2, 0.25) is 0 Å². The van der Waals surface area contributed by atoms with E-state index in [1.165, 1.54) is 5.56 Å². The van der Waals surface area contributed by atoms with Crippen molar-refractivity contribution in [2.24, 2.45) is 0 Å². The standard InChI is InChI=1S/C21H20N6O/c1-22-10-14-5-4-6-15(9-14)16-11-23-21(24-12-16)25-13-19-26-18-8-3-2-7-17(18)20(28)27-19/h2-9,11-12,22H,10,13H2,1H3,(H,23,24,25)(H,26,27,28). The smallest absolute Gasteiger partial charge is 0.258 e. The van der Waals surface area contributed by atoms with Crippen molar-refractivity contribution in [3.05, 3.63) is 82.7 Å². The second-order valence-electron chi connectivity index (χ2n) is 6.41. The first kappa shape index (κ1) is 17.8. The monoisotopic (exact) mass is 372 g/mol. The van der Waals surface area contributed by atoms with Crippen molar-refractivity contribution in [2.75, 3.05) is 12.4 Å². The third kappa shape index (κ3) is 3.89. The molecule has 140 valence electrons. The lowest BCUT2D eigenvalue weighted by Gasteiger charge is -2.07. The van der Waals surface area contributed by atoms with Crippen LogP contribution in [-0.2, 0) is 13.1 Å². The molecule has 0 aliphatic rings. The van der Waals surface area contributed by atoms with Crippen LogP contribution in [-0.4, -0.2) is 27.0 Å². The Labute approximate surface area is 161 Å². The van der Waals surface area contributed by atoms with Gasteiger partial charge in [0.05, 0.1) is 17.4 Å². The molecular formula is C21H20N6O. The molecule has 0 unspecified atom stereocenters. The van der Waals surface area contributed by atoms with Gasteiger partial charge in [-0.25, -0.2) is 15.0 Å². The third-order valence-corrected chi connectivity index (χ3v) is 4.37. The third-order valence-electron chi connectivity index (χ3n) is 4.37. The summed E-state index contributed by atoms with van der Waals surface area (Å²) in [6.07, 6.45) is 3.56. The minimum atomic E-state index is -0.153. The van der Waals surface area contributed by atoms with E-state index in [2.05, 4.69) is 42.7 Å². The Morgan fingerprint density at radius 3 is 2.61 bits per heavy atom. The lowest BCUT2D eigenvalue weighted by atomic mass is 10.1. The SMILES string of the molecule is CNCc1cccc(-c2cnc(NCc3nc4ccccc4c(=O)[nH]3)nc2)c1. The molecule has 0 spiro atoms. The summed E-state index contributed by atoms with van der Waals surface area (Å²) in [5, 5.41) is 6.82. The molecule has 28 heavy (non-hydrogen) atoms. The molecular weight excluding hydrogens is 352 g/mol. The van der Waals surface area contributed by atoms with E-state index in [4.69, 9.17) is 0 Å². The number of benzene rings is 2. The van der Waals surface area contributed by atoms with Crippen LogP contribution in [0.3, 0.4) is 0 Å². The highest BCUT2D eigenvalue weighted by Crippen LogP contribution is 2.19. The van der Waals surface area contributed by atoms with Gasteiger partial charge in [0.2, 0.25) is 5.95 Å². The number of nitrogens with one attached hydrogen (secondary N) is 3. The second-order valence-corrected chi connectivity index (χ2v) is 6.41. The van der Waals surface area contributed by atoms with Crippen LogP contribution in [0.5, 0.6) is 0 Å². The molecule has 7 nitrogen and oxygen atoms in total. The van der Waals surface area contributed by atoms with Crippen molar-refractivity contribution in [3.8, 4) is 11.1 Å². The molecule has 0 amide bonds. The zero-order valence-corrected chi connectivity index (χ0v) is 15.4. The average molecular weight is 372 g/mol. The zero-order chi connectivity index (χ0) is 19.3. The number of para-hydroxylation sites is 1. The molecule has 2 heterocycles. The molecule has 0 saturated heterocycles. The van der Waals surface area contributed by atoms with Crippen LogP contribution in [0.25, 0.3) is 22.0 Å². The van der Waals surface area contributed by atoms with E-state index in [1.807, 2.05) is 37.4 Å². The van der Waals surface area contributed by atoms with E-state index in [9.17, 15) is 4.79 Å². The van der Waals surface area contributed by atoms with Gasteiger partial charge in [-0.05, 0) is 36.4 Å². The number of rotatable bonds is 6. The van der Waals surface area contributed by atoms with Crippen molar-refractivity contribution < 1.29 is 0 Å². The van der Waals surface area contributed by atoms with Crippen LogP contribution in [0.4, 0.5) is 5.95 Å². The van der Waals surface area contributed by atoms with Crippen molar-refractivity contribution in [1.29, 1.82) is 0 Å². The fourth-order valence-electron chi connectivity index (χ4n) is 3.01. The average Bonchev–Trinajstić information content (AvgIpc) is 2.73. The first-order valence-electron chi connectivity index (χ1n) is 9.01. The van der Waals surface area contributed by atoms with Crippen LogP contribution in [0.15, 0.2) is 65.7 Å². The molecule has 0 radical (unpaired) electrons. The van der Waals surface area contributed by atoms with Gasteiger partial charge < -0.3 is 15.6 Å². The Hall–Kier alpha value is -3.58. The van der Waals surface area contributed by atoms with Crippen molar-refractivity contribution in [3.63, 3.8) is 0 Å². The van der Waals surface area contributed by atoms with Crippen LogP contribution in [0, 0.1) is 0 Å². The minimum Gasteiger partial charge on any atom is -0.347 e. The predicted molar refractivity (Wildman–Crippen MR) is 110 cm³/mol. The van der Waals surface area contributed by atoms with Crippen LogP contribution >= 0.6 is 0 Å². The van der Waals surface area contributed by atoms with Gasteiger partial charge in [-0.3, -0.25) is 4.79 Å². The fourth-order valence-corrected chi connectivity index (χ4v) is 3.01. The number of fused-ring (bicyclic) bond motifs is 1. The van der Waals surface area contributed by atoms with E-state index < -0.39 is 0 Å². The Bertz CT molecular complexity index is 1150. The normalized spacial score (nSPS) is 10.9. The number of aromatic amines is 1. The minimum absolute atomic E-state index is 0.153. The largest absolute Gasteiger partial charge is 0.347 e. The van der Waals surface area contributed by atoms with Gasteiger partial charge in [-0.15, -0.1) is 0 Å². The molecule has 4 rings (SSSR count). The van der Waals surface area contributed by atoms with Crippen molar-refractivity contribution in [2.45, 2.75) is 13.1 Å². The van der Waals surface area contributed by atoms with Gasteiger partial charge in [-0.1, -0.05) is 30.3 Å². The summed E-state index contributed by atoms with van der Waals surface area (Å²) < 4.78 is 0. The highest BCUT2D eigenvalue weighted by molar-refractivity contribution is 5.77. The summed E-state index contributed by atoms with van der Waals surface area (Å²) in [5.74, 6) is 1.02. The first-order chi connectivity index (χ1) is 13.7. The van der Waals surface area contributed by atoms with Crippen LogP contribution < -0.4 is 16.2 Å². The first-order valence-corrected chi connectivity index (χ1v) is 9.01. The van der Waals surface area contributed by atoms with Gasteiger partial charge >= 0.3 is 0 Å². The molecule has 0 aliphatic carbocycles. The molecule has 7 heteroatoms. The van der Waals surface area contributed by atoms with E-state index >= 15 is 0 Å². The summed E-state index contributed by atoms with van der Waals surface area (Å²) in [5.41, 5.74) is 3.73. The van der Waals surface area contributed by atoms with E-state index in [1.54, 1.807) is 18.5 Å². The van der Waals surface area contributed by atoms with E-state index in [0.29, 0.717) is 29.2 Å². The van der Waals surface area contributed by atoms with Gasteiger partial charge in [0.1, 0.15) is 5.82 Å². The lowest BCUT2D eigenvalue weighted by molar-refractivity contribution is 0.818. The topological polar surface area (TPSA) is 95.6 Å². The van der Waals surface area contributed by atoms with Crippen LogP contribution in [0.1, 0.15) is 11.4 Å². The van der Waals surface area contributed by atoms with E-state index in [-0.39, 0.29) is 5.56 Å². The van der Waals surface area contributed by atoms with Gasteiger partial charge in [0.25, 0.3) is 5.56 Å². The molecule has 0 atom stereocenters. The summed E-state index contributed by atoms with van der Waals surface area (Å²) in [6.45, 7) is 1.14. The summed E-state index contributed by atoms with van der Waals surface area (Å²) in [7, 11) is 1.92. The number of hydrogen-bond acceptors (Lipinski definition) is 6. The van der Waals surface area contributed by atoms with Crippen molar-refractivity contribution in [1.82, 2.24) is 25.3 Å². The molecule has 0 bridgehead atoms. The zero-order valence-electron chi connectivity index (χ0n) is 15.4.